The molecule has 0 amide bonds. The van der Waals surface area contributed by atoms with Crippen LogP contribution < -0.4 is 24.4 Å². The standard InChI is InChI=1S/C31H25Br2FN2O5S/c1-4-40-30(38)26-17(2)35-31-36(27(26)20-7-11-22(34)12-8-20)29(37)25(42-31)15-19-13-23(33)28(24(14-19)39-3)41-16-18-5-9-21(32)10-6-18/h5-15,27H,4,16H2,1-3H3/b25-15-/t27-/m1/s1. The number of hydrogen-bond donors (Lipinski definition) is 0. The number of esters is 1. The molecule has 7 nitrogen and oxygen atoms in total. The molecule has 0 bridgehead atoms. The first-order chi connectivity index (χ1) is 20.2. The van der Waals surface area contributed by atoms with Crippen LogP contribution in [0.2, 0.25) is 0 Å². The van der Waals surface area contributed by atoms with Crippen LogP contribution in [0.15, 0.2) is 90.7 Å². The van der Waals surface area contributed by atoms with E-state index in [0.29, 0.717) is 48.7 Å². The molecule has 1 aliphatic heterocycles. The predicted octanol–water partition coefficient (Wildman–Crippen LogP) is 6.05. The van der Waals surface area contributed by atoms with Gasteiger partial charge in [0.25, 0.3) is 5.56 Å². The van der Waals surface area contributed by atoms with Gasteiger partial charge in [0, 0.05) is 4.47 Å². The number of rotatable bonds is 8. The van der Waals surface area contributed by atoms with Crippen LogP contribution in [0.3, 0.4) is 0 Å². The van der Waals surface area contributed by atoms with E-state index in [1.54, 1.807) is 45.2 Å². The Morgan fingerprint density at radius 1 is 1.12 bits per heavy atom. The summed E-state index contributed by atoms with van der Waals surface area (Å²) in [6.07, 6.45) is 1.74. The second-order valence-electron chi connectivity index (χ2n) is 9.30. The number of carbonyl (C=O) groups excluding carboxylic acids is 1. The molecular formula is C31H25Br2FN2O5S. The van der Waals surface area contributed by atoms with Crippen molar-refractivity contribution in [2.75, 3.05) is 13.7 Å². The van der Waals surface area contributed by atoms with Crippen LogP contribution >= 0.6 is 43.2 Å². The van der Waals surface area contributed by atoms with Gasteiger partial charge in [-0.25, -0.2) is 14.2 Å². The summed E-state index contributed by atoms with van der Waals surface area (Å²) in [5.41, 5.74) is 2.59. The number of hydrogen-bond acceptors (Lipinski definition) is 7. The lowest BCUT2D eigenvalue weighted by Gasteiger charge is -2.24. The number of carbonyl (C=O) groups is 1. The number of aromatic nitrogens is 1. The van der Waals surface area contributed by atoms with Crippen LogP contribution in [0.25, 0.3) is 6.08 Å². The van der Waals surface area contributed by atoms with Gasteiger partial charge in [0.15, 0.2) is 16.3 Å². The summed E-state index contributed by atoms with van der Waals surface area (Å²) in [5.74, 6) is 0.0262. The largest absolute Gasteiger partial charge is 0.493 e. The molecule has 1 aromatic heterocycles. The summed E-state index contributed by atoms with van der Waals surface area (Å²) in [7, 11) is 1.55. The fourth-order valence-corrected chi connectivity index (χ4v) is 6.49. The molecule has 3 aromatic carbocycles. The Hall–Kier alpha value is -3.54. The minimum atomic E-state index is -0.821. The maximum atomic E-state index is 13.9. The van der Waals surface area contributed by atoms with Crippen LogP contribution in [0.1, 0.15) is 36.6 Å². The smallest absolute Gasteiger partial charge is 0.338 e. The van der Waals surface area contributed by atoms with Gasteiger partial charge in [0.1, 0.15) is 12.4 Å². The van der Waals surface area contributed by atoms with Gasteiger partial charge in [0.2, 0.25) is 0 Å². The third kappa shape index (κ3) is 6.13. The fraction of sp³-hybridized carbons (Fsp3) is 0.194. The van der Waals surface area contributed by atoms with Crippen molar-refractivity contribution in [1.29, 1.82) is 0 Å². The van der Waals surface area contributed by atoms with Gasteiger partial charge < -0.3 is 14.2 Å². The molecule has 5 rings (SSSR count). The molecule has 0 fully saturated rings. The first kappa shape index (κ1) is 29.9. The predicted molar refractivity (Wildman–Crippen MR) is 166 cm³/mol. The van der Waals surface area contributed by atoms with Gasteiger partial charge in [-0.2, -0.15) is 0 Å². The lowest BCUT2D eigenvalue weighted by molar-refractivity contribution is -0.139. The molecule has 42 heavy (non-hydrogen) atoms. The number of thiazole rings is 1. The zero-order valence-corrected chi connectivity index (χ0v) is 26.8. The minimum absolute atomic E-state index is 0.162. The number of benzene rings is 3. The van der Waals surface area contributed by atoms with Crippen LogP contribution in [-0.2, 0) is 16.1 Å². The van der Waals surface area contributed by atoms with Crippen LogP contribution in [-0.4, -0.2) is 24.3 Å². The van der Waals surface area contributed by atoms with E-state index in [4.69, 9.17) is 14.2 Å². The molecular weight excluding hydrogens is 691 g/mol. The fourth-order valence-electron chi connectivity index (χ4n) is 4.60. The maximum Gasteiger partial charge on any atom is 0.338 e. The Morgan fingerprint density at radius 2 is 1.83 bits per heavy atom. The Bertz CT molecular complexity index is 1870. The molecule has 0 spiro atoms. The van der Waals surface area contributed by atoms with Crippen molar-refractivity contribution >= 4 is 55.2 Å². The average Bonchev–Trinajstić information content (AvgIpc) is 3.26. The minimum Gasteiger partial charge on any atom is -0.493 e. The van der Waals surface area contributed by atoms with Crippen molar-refractivity contribution in [1.82, 2.24) is 4.57 Å². The number of ether oxygens (including phenoxy) is 3. The van der Waals surface area contributed by atoms with E-state index >= 15 is 0 Å². The Morgan fingerprint density at radius 3 is 2.50 bits per heavy atom. The van der Waals surface area contributed by atoms with E-state index in [1.165, 1.54) is 28.0 Å². The van der Waals surface area contributed by atoms with E-state index in [-0.39, 0.29) is 17.7 Å². The van der Waals surface area contributed by atoms with Crippen molar-refractivity contribution < 1.29 is 23.4 Å². The molecule has 0 N–H and O–H groups in total. The first-order valence-corrected chi connectivity index (χ1v) is 15.3. The van der Waals surface area contributed by atoms with Crippen molar-refractivity contribution in [3.63, 3.8) is 0 Å². The normalized spacial score (nSPS) is 14.8. The molecule has 2 heterocycles. The highest BCUT2D eigenvalue weighted by Gasteiger charge is 2.33. The van der Waals surface area contributed by atoms with Crippen LogP contribution in [0.4, 0.5) is 4.39 Å². The molecule has 1 aliphatic rings. The Labute approximate surface area is 261 Å². The lowest BCUT2D eigenvalue weighted by Crippen LogP contribution is -2.39. The molecule has 4 aromatic rings. The summed E-state index contributed by atoms with van der Waals surface area (Å²) in [6.45, 7) is 3.91. The van der Waals surface area contributed by atoms with Gasteiger partial charge >= 0.3 is 5.97 Å². The molecule has 0 aliphatic carbocycles. The SMILES string of the molecule is CCOC(=O)C1=C(C)N=c2s/c(=C\c3cc(Br)c(OCc4ccc(Br)cc4)c(OC)c3)c(=O)n2[C@@H]1c1ccc(F)cc1. The number of allylic oxidation sites excluding steroid dienone is 1. The van der Waals surface area contributed by atoms with E-state index in [1.807, 2.05) is 30.3 Å². The second-order valence-corrected chi connectivity index (χ2v) is 12.1. The van der Waals surface area contributed by atoms with Gasteiger partial charge in [-0.3, -0.25) is 9.36 Å². The van der Waals surface area contributed by atoms with E-state index in [2.05, 4.69) is 36.9 Å². The average molecular weight is 716 g/mol. The molecule has 11 heteroatoms. The van der Waals surface area contributed by atoms with Crippen molar-refractivity contribution in [2.24, 2.45) is 4.99 Å². The van der Waals surface area contributed by atoms with Gasteiger partial charge in [-0.15, -0.1) is 0 Å². The lowest BCUT2D eigenvalue weighted by atomic mass is 9.96. The van der Waals surface area contributed by atoms with E-state index in [0.717, 1.165) is 10.0 Å². The number of methoxy groups -OCH3 is 1. The number of halogens is 3. The van der Waals surface area contributed by atoms with E-state index < -0.39 is 17.8 Å². The summed E-state index contributed by atoms with van der Waals surface area (Å²) in [4.78, 5) is 31.9. The third-order valence-corrected chi connectivity index (χ3v) is 8.65. The molecule has 216 valence electrons. The summed E-state index contributed by atoms with van der Waals surface area (Å²) in [5, 5.41) is 0. The van der Waals surface area contributed by atoms with E-state index in [9.17, 15) is 14.0 Å². The monoisotopic (exact) mass is 714 g/mol. The van der Waals surface area contributed by atoms with Crippen molar-refractivity contribution in [3.05, 3.63) is 123 Å². The van der Waals surface area contributed by atoms with Gasteiger partial charge in [-0.1, -0.05) is 51.5 Å². The summed E-state index contributed by atoms with van der Waals surface area (Å²) >= 11 is 8.22. The van der Waals surface area contributed by atoms with Gasteiger partial charge in [-0.05, 0) is 88.9 Å². The highest BCUT2D eigenvalue weighted by Crippen LogP contribution is 2.37. The summed E-state index contributed by atoms with van der Waals surface area (Å²) in [6, 6.07) is 16.3. The van der Waals surface area contributed by atoms with Crippen LogP contribution in [0.5, 0.6) is 11.5 Å². The van der Waals surface area contributed by atoms with Crippen molar-refractivity contribution in [2.45, 2.75) is 26.5 Å². The topological polar surface area (TPSA) is 79.1 Å². The molecule has 0 saturated heterocycles. The third-order valence-electron chi connectivity index (χ3n) is 6.55. The molecule has 1 atom stereocenters. The van der Waals surface area contributed by atoms with Crippen molar-refractivity contribution in [3.8, 4) is 11.5 Å². The first-order valence-electron chi connectivity index (χ1n) is 12.9. The highest BCUT2D eigenvalue weighted by atomic mass is 79.9. The number of fused-ring (bicyclic) bond motifs is 1. The van der Waals surface area contributed by atoms with Gasteiger partial charge in [0.05, 0.1) is 40.0 Å². The van der Waals surface area contributed by atoms with Crippen LogP contribution in [0, 0.1) is 5.82 Å². The molecule has 0 saturated carbocycles. The molecule has 0 radical (unpaired) electrons. The summed E-state index contributed by atoms with van der Waals surface area (Å²) < 4.78 is 34.3. The maximum absolute atomic E-state index is 13.9. The Balaban J connectivity index is 1.56. The Kier molecular flexibility index (Phi) is 9.10. The highest BCUT2D eigenvalue weighted by molar-refractivity contribution is 9.10. The molecule has 0 unspecified atom stereocenters. The quantitative estimate of drug-likeness (QED) is 0.208. The zero-order chi connectivity index (χ0) is 30.0. The number of nitrogens with zero attached hydrogens (tertiary/aromatic N) is 2. The zero-order valence-electron chi connectivity index (χ0n) is 22.8. The second kappa shape index (κ2) is 12.8.